The van der Waals surface area contributed by atoms with Gasteiger partial charge in [0.1, 0.15) is 0 Å². The highest BCUT2D eigenvalue weighted by atomic mass is 79.9. The molecule has 4 heteroatoms. The van der Waals surface area contributed by atoms with Crippen molar-refractivity contribution in [2.24, 2.45) is 5.41 Å². The van der Waals surface area contributed by atoms with Crippen molar-refractivity contribution in [2.75, 3.05) is 6.54 Å². The molecule has 0 aliphatic carbocycles. The van der Waals surface area contributed by atoms with Gasteiger partial charge in [0.15, 0.2) is 0 Å². The first-order valence-corrected chi connectivity index (χ1v) is 4.12. The molecule has 1 amide bonds. The molecule has 0 aliphatic heterocycles. The number of rotatable bonds is 2. The van der Waals surface area contributed by atoms with Crippen molar-refractivity contribution in [1.29, 1.82) is 5.26 Å². The lowest BCUT2D eigenvalue weighted by molar-refractivity contribution is -0.115. The standard InChI is InChI=1S/C8H9BrN2O/c1-8(2,5-10)6-11-7(12)3-4-9/h6H2,1-2H3,(H,11,12). The molecule has 3 nitrogen and oxygen atoms in total. The summed E-state index contributed by atoms with van der Waals surface area (Å²) in [5.74, 6) is 1.87. The van der Waals surface area contributed by atoms with Crippen molar-refractivity contribution in [1.82, 2.24) is 5.32 Å². The number of hydrogen-bond acceptors (Lipinski definition) is 2. The van der Waals surface area contributed by atoms with Gasteiger partial charge in [0.2, 0.25) is 0 Å². The molecule has 1 N–H and O–H groups in total. The molecule has 0 atom stereocenters. The van der Waals surface area contributed by atoms with Crippen LogP contribution < -0.4 is 5.32 Å². The molecular formula is C8H9BrN2O. The largest absolute Gasteiger partial charge is 0.344 e. The van der Waals surface area contributed by atoms with E-state index in [0.717, 1.165) is 0 Å². The van der Waals surface area contributed by atoms with Crippen LogP contribution in [0.2, 0.25) is 0 Å². The average Bonchev–Trinajstić information content (AvgIpc) is 2.02. The molecule has 0 saturated carbocycles. The monoisotopic (exact) mass is 228 g/mol. The van der Waals surface area contributed by atoms with Crippen LogP contribution in [-0.2, 0) is 4.79 Å². The molecule has 0 rings (SSSR count). The summed E-state index contributed by atoms with van der Waals surface area (Å²) in [6.07, 6.45) is 0. The Morgan fingerprint density at radius 2 is 2.25 bits per heavy atom. The quantitative estimate of drug-likeness (QED) is 0.718. The second-order valence-electron chi connectivity index (χ2n) is 2.90. The lowest BCUT2D eigenvalue weighted by Crippen LogP contribution is -2.32. The van der Waals surface area contributed by atoms with Crippen LogP contribution in [0.3, 0.4) is 0 Å². The number of nitrogens with one attached hydrogen (secondary N) is 1. The minimum absolute atomic E-state index is 0.310. The molecule has 0 aromatic rings. The number of hydrogen-bond donors (Lipinski definition) is 1. The molecule has 0 fully saturated rings. The van der Waals surface area contributed by atoms with Gasteiger partial charge in [-0.25, -0.2) is 0 Å². The molecule has 0 aromatic carbocycles. The SMILES string of the molecule is CC(C)(C#N)CNC(=O)C#CBr. The second kappa shape index (κ2) is 4.79. The molecule has 0 aliphatic rings. The van der Waals surface area contributed by atoms with Crippen molar-refractivity contribution < 1.29 is 4.79 Å². The molecule has 12 heavy (non-hydrogen) atoms. The summed E-state index contributed by atoms with van der Waals surface area (Å²) < 4.78 is 0. The predicted molar refractivity (Wildman–Crippen MR) is 49.1 cm³/mol. The molecule has 0 aromatic heterocycles. The van der Waals surface area contributed by atoms with Crippen molar-refractivity contribution in [2.45, 2.75) is 13.8 Å². The maximum atomic E-state index is 10.8. The Kier molecular flexibility index (Phi) is 4.39. The number of carbonyl (C=O) groups excluding carboxylic acids is 1. The molecule has 64 valence electrons. The predicted octanol–water partition coefficient (Wildman–Crippen LogP) is 1.01. The molecule has 0 saturated heterocycles. The fraction of sp³-hybridized carbons (Fsp3) is 0.500. The Labute approximate surface area is 80.3 Å². The number of amides is 1. The van der Waals surface area contributed by atoms with E-state index in [0.29, 0.717) is 6.54 Å². The molecular weight excluding hydrogens is 220 g/mol. The minimum atomic E-state index is -0.538. The maximum Gasteiger partial charge on any atom is 0.296 e. The van der Waals surface area contributed by atoms with Gasteiger partial charge in [-0.1, -0.05) is 0 Å². The molecule has 0 unspecified atom stereocenters. The first kappa shape index (κ1) is 11.0. The average molecular weight is 229 g/mol. The van der Waals surface area contributed by atoms with E-state index >= 15 is 0 Å². The van der Waals surface area contributed by atoms with Gasteiger partial charge >= 0.3 is 0 Å². The zero-order valence-corrected chi connectivity index (χ0v) is 8.53. The van der Waals surface area contributed by atoms with E-state index in [1.54, 1.807) is 13.8 Å². The van der Waals surface area contributed by atoms with E-state index in [2.05, 4.69) is 38.1 Å². The first-order valence-electron chi connectivity index (χ1n) is 3.32. The first-order chi connectivity index (χ1) is 5.52. The summed E-state index contributed by atoms with van der Waals surface area (Å²) in [4.78, 5) is 13.1. The van der Waals surface area contributed by atoms with E-state index in [4.69, 9.17) is 5.26 Å². The zero-order chi connectivity index (χ0) is 9.61. The summed E-state index contributed by atoms with van der Waals surface area (Å²) in [6.45, 7) is 3.80. The lowest BCUT2D eigenvalue weighted by atomic mass is 9.96. The highest BCUT2D eigenvalue weighted by Gasteiger charge is 2.16. The number of halogens is 1. The Bertz CT molecular complexity index is 267. The van der Waals surface area contributed by atoms with Crippen LogP contribution in [0.1, 0.15) is 13.8 Å². The Morgan fingerprint density at radius 1 is 1.67 bits per heavy atom. The fourth-order valence-corrected chi connectivity index (χ4v) is 0.608. The summed E-state index contributed by atoms with van der Waals surface area (Å²) in [7, 11) is 0. The fourth-order valence-electron chi connectivity index (χ4n) is 0.428. The van der Waals surface area contributed by atoms with Gasteiger partial charge in [0.05, 0.1) is 11.5 Å². The Balaban J connectivity index is 3.91. The van der Waals surface area contributed by atoms with E-state index in [1.807, 2.05) is 0 Å². The van der Waals surface area contributed by atoms with Crippen LogP contribution >= 0.6 is 15.9 Å². The van der Waals surface area contributed by atoms with Gasteiger partial charge in [-0.3, -0.25) is 4.79 Å². The topological polar surface area (TPSA) is 52.9 Å². The highest BCUT2D eigenvalue weighted by Crippen LogP contribution is 2.09. The third-order valence-corrected chi connectivity index (χ3v) is 1.35. The van der Waals surface area contributed by atoms with Crippen LogP contribution in [0, 0.1) is 27.5 Å². The number of carbonyl (C=O) groups is 1. The Morgan fingerprint density at radius 3 is 2.67 bits per heavy atom. The van der Waals surface area contributed by atoms with E-state index in [1.165, 1.54) is 0 Å². The van der Waals surface area contributed by atoms with Gasteiger partial charge in [-0.2, -0.15) is 5.26 Å². The van der Waals surface area contributed by atoms with Gasteiger partial charge < -0.3 is 5.32 Å². The van der Waals surface area contributed by atoms with Crippen LogP contribution in [0.5, 0.6) is 0 Å². The van der Waals surface area contributed by atoms with Crippen LogP contribution in [0.25, 0.3) is 0 Å². The molecule has 0 heterocycles. The number of nitrogens with zero attached hydrogens (tertiary/aromatic N) is 1. The van der Waals surface area contributed by atoms with Gasteiger partial charge in [0.25, 0.3) is 5.91 Å². The van der Waals surface area contributed by atoms with Crippen molar-refractivity contribution in [3.63, 3.8) is 0 Å². The van der Waals surface area contributed by atoms with Crippen LogP contribution in [0.4, 0.5) is 0 Å². The summed E-state index contributed by atoms with van der Waals surface area (Å²) in [5.41, 5.74) is -0.538. The van der Waals surface area contributed by atoms with Gasteiger partial charge in [-0.15, -0.1) is 0 Å². The highest BCUT2D eigenvalue weighted by molar-refractivity contribution is 9.12. The third-order valence-electron chi connectivity index (χ3n) is 1.15. The Hall–Kier alpha value is -1.00. The molecule has 0 spiro atoms. The minimum Gasteiger partial charge on any atom is -0.344 e. The maximum absolute atomic E-state index is 10.8. The van der Waals surface area contributed by atoms with E-state index < -0.39 is 5.41 Å². The normalized spacial score (nSPS) is 9.17. The van der Waals surface area contributed by atoms with Crippen LogP contribution in [0.15, 0.2) is 0 Å². The smallest absolute Gasteiger partial charge is 0.296 e. The molecule has 0 bridgehead atoms. The van der Waals surface area contributed by atoms with Crippen molar-refractivity contribution in [3.8, 4) is 16.8 Å². The van der Waals surface area contributed by atoms with E-state index in [-0.39, 0.29) is 5.91 Å². The van der Waals surface area contributed by atoms with Crippen LogP contribution in [-0.4, -0.2) is 12.5 Å². The van der Waals surface area contributed by atoms with E-state index in [9.17, 15) is 4.79 Å². The van der Waals surface area contributed by atoms with Gasteiger partial charge in [0, 0.05) is 28.4 Å². The second-order valence-corrected chi connectivity index (χ2v) is 3.29. The zero-order valence-electron chi connectivity index (χ0n) is 6.94. The summed E-state index contributed by atoms with van der Waals surface area (Å²) in [5, 5.41) is 11.1. The third kappa shape index (κ3) is 4.76. The van der Waals surface area contributed by atoms with Gasteiger partial charge in [-0.05, 0) is 18.7 Å². The lowest BCUT2D eigenvalue weighted by Gasteiger charge is -2.13. The number of nitriles is 1. The molecule has 0 radical (unpaired) electrons. The van der Waals surface area contributed by atoms with Crippen molar-refractivity contribution >= 4 is 21.8 Å². The van der Waals surface area contributed by atoms with Crippen molar-refractivity contribution in [3.05, 3.63) is 0 Å². The summed E-state index contributed by atoms with van der Waals surface area (Å²) >= 11 is 2.80. The summed E-state index contributed by atoms with van der Waals surface area (Å²) in [6, 6.07) is 2.06.